The zero-order valence-electron chi connectivity index (χ0n) is 17.8. The van der Waals surface area contributed by atoms with Crippen LogP contribution in [0.15, 0.2) is 66.4 Å². The number of carbonyl (C=O) groups is 4. The van der Waals surface area contributed by atoms with Crippen LogP contribution < -0.4 is 10.6 Å². The van der Waals surface area contributed by atoms with Crippen LogP contribution in [0.2, 0.25) is 0 Å². The van der Waals surface area contributed by atoms with Gasteiger partial charge < -0.3 is 9.88 Å². The van der Waals surface area contributed by atoms with Gasteiger partial charge in [-0.3, -0.25) is 24.6 Å². The van der Waals surface area contributed by atoms with Crippen molar-refractivity contribution in [2.45, 2.75) is 32.0 Å². The summed E-state index contributed by atoms with van der Waals surface area (Å²) in [6.45, 7) is 0.193. The van der Waals surface area contributed by atoms with E-state index in [1.54, 1.807) is 22.9 Å². The highest BCUT2D eigenvalue weighted by atomic mass is 16.2. The standard InChI is InChI=1S/C25H22N4O4/c30-22(26-18-10-11-18)15-28-14-17(19-8-4-5-9-21(19)28)12-20-23(31)27-25(33)29(24(20)32)13-16-6-2-1-3-7-16/h1-9,12,14,18H,10-11,13,15H2,(H,26,30)(H,27,31,33)/b20-12-. The minimum Gasteiger partial charge on any atom is -0.352 e. The third kappa shape index (κ3) is 4.27. The Labute approximate surface area is 189 Å². The maximum absolute atomic E-state index is 13.1. The van der Waals surface area contributed by atoms with E-state index < -0.39 is 17.8 Å². The summed E-state index contributed by atoms with van der Waals surface area (Å²) in [5.41, 5.74) is 2.08. The Balaban J connectivity index is 1.47. The normalized spacial score (nSPS) is 17.5. The molecule has 2 fully saturated rings. The molecule has 0 unspecified atom stereocenters. The van der Waals surface area contributed by atoms with Gasteiger partial charge in [0.15, 0.2) is 0 Å². The molecule has 1 saturated heterocycles. The van der Waals surface area contributed by atoms with Crippen molar-refractivity contribution in [3.05, 3.63) is 77.5 Å². The maximum Gasteiger partial charge on any atom is 0.331 e. The van der Waals surface area contributed by atoms with E-state index >= 15 is 0 Å². The van der Waals surface area contributed by atoms with Crippen LogP contribution in [0, 0.1) is 0 Å². The van der Waals surface area contributed by atoms with Crippen LogP contribution in [0.25, 0.3) is 17.0 Å². The fourth-order valence-electron chi connectivity index (χ4n) is 3.94. The largest absolute Gasteiger partial charge is 0.352 e. The molecule has 2 aromatic carbocycles. The molecule has 1 aliphatic carbocycles. The number of carbonyl (C=O) groups excluding carboxylic acids is 4. The van der Waals surface area contributed by atoms with Crippen molar-refractivity contribution < 1.29 is 19.2 Å². The number of aromatic nitrogens is 1. The fraction of sp³-hybridized carbons (Fsp3) is 0.200. The zero-order valence-corrected chi connectivity index (χ0v) is 17.8. The van der Waals surface area contributed by atoms with Crippen LogP contribution >= 0.6 is 0 Å². The number of para-hydroxylation sites is 1. The molecular weight excluding hydrogens is 420 g/mol. The lowest BCUT2D eigenvalue weighted by molar-refractivity contribution is -0.130. The summed E-state index contributed by atoms with van der Waals surface area (Å²) < 4.78 is 1.80. The molecule has 2 aliphatic rings. The lowest BCUT2D eigenvalue weighted by Gasteiger charge is -2.26. The predicted molar refractivity (Wildman–Crippen MR) is 122 cm³/mol. The van der Waals surface area contributed by atoms with E-state index in [1.807, 2.05) is 42.5 Å². The first-order chi connectivity index (χ1) is 16.0. The molecule has 0 radical (unpaired) electrons. The highest BCUT2D eigenvalue weighted by molar-refractivity contribution is 6.31. The molecule has 0 spiro atoms. The van der Waals surface area contributed by atoms with Crippen molar-refractivity contribution in [3.63, 3.8) is 0 Å². The van der Waals surface area contributed by atoms with E-state index in [-0.39, 0.29) is 30.6 Å². The van der Waals surface area contributed by atoms with E-state index in [4.69, 9.17) is 0 Å². The Morgan fingerprint density at radius 1 is 1.03 bits per heavy atom. The number of amides is 5. The number of fused-ring (bicyclic) bond motifs is 1. The summed E-state index contributed by atoms with van der Waals surface area (Å²) in [7, 11) is 0. The Hall–Kier alpha value is -4.20. The highest BCUT2D eigenvalue weighted by Crippen LogP contribution is 2.26. The van der Waals surface area contributed by atoms with Crippen molar-refractivity contribution in [1.82, 2.24) is 20.1 Å². The number of hydrogen-bond donors (Lipinski definition) is 2. The Morgan fingerprint density at radius 2 is 1.76 bits per heavy atom. The lowest BCUT2D eigenvalue weighted by Crippen LogP contribution is -2.53. The van der Waals surface area contributed by atoms with Crippen LogP contribution in [0.1, 0.15) is 24.0 Å². The van der Waals surface area contributed by atoms with Gasteiger partial charge in [-0.25, -0.2) is 4.79 Å². The smallest absolute Gasteiger partial charge is 0.331 e. The molecule has 2 heterocycles. The Morgan fingerprint density at radius 3 is 2.52 bits per heavy atom. The number of benzene rings is 2. The second-order valence-electron chi connectivity index (χ2n) is 8.27. The summed E-state index contributed by atoms with van der Waals surface area (Å²) in [6.07, 6.45) is 5.25. The van der Waals surface area contributed by atoms with E-state index in [0.717, 1.165) is 34.2 Å². The van der Waals surface area contributed by atoms with Gasteiger partial charge in [0.25, 0.3) is 11.8 Å². The van der Waals surface area contributed by atoms with Crippen LogP contribution in [0.4, 0.5) is 4.79 Å². The quantitative estimate of drug-likeness (QED) is 0.453. The number of nitrogens with zero attached hydrogens (tertiary/aromatic N) is 2. The number of barbiturate groups is 1. The molecule has 166 valence electrons. The predicted octanol–water partition coefficient (Wildman–Crippen LogP) is 2.58. The molecule has 0 bridgehead atoms. The summed E-state index contributed by atoms with van der Waals surface area (Å²) >= 11 is 0. The van der Waals surface area contributed by atoms with Crippen molar-refractivity contribution >= 4 is 40.7 Å². The second-order valence-corrected chi connectivity index (χ2v) is 8.27. The van der Waals surface area contributed by atoms with E-state index in [1.165, 1.54) is 6.08 Å². The van der Waals surface area contributed by atoms with E-state index in [0.29, 0.717) is 5.56 Å². The number of urea groups is 1. The molecule has 1 saturated carbocycles. The third-order valence-corrected chi connectivity index (χ3v) is 5.74. The first-order valence-electron chi connectivity index (χ1n) is 10.8. The van der Waals surface area contributed by atoms with Crippen LogP contribution in [0.5, 0.6) is 0 Å². The van der Waals surface area contributed by atoms with Gasteiger partial charge in [-0.2, -0.15) is 0 Å². The highest BCUT2D eigenvalue weighted by Gasteiger charge is 2.36. The minimum absolute atomic E-state index is 0.0548. The van der Waals surface area contributed by atoms with Crippen LogP contribution in [-0.4, -0.2) is 39.3 Å². The van der Waals surface area contributed by atoms with Gasteiger partial charge in [0.2, 0.25) is 5.91 Å². The molecule has 33 heavy (non-hydrogen) atoms. The topological polar surface area (TPSA) is 101 Å². The van der Waals surface area contributed by atoms with Crippen molar-refractivity contribution in [3.8, 4) is 0 Å². The number of rotatable bonds is 6. The summed E-state index contributed by atoms with van der Waals surface area (Å²) in [4.78, 5) is 51.4. The zero-order chi connectivity index (χ0) is 22.9. The second kappa shape index (κ2) is 8.38. The van der Waals surface area contributed by atoms with Gasteiger partial charge in [-0.05, 0) is 30.5 Å². The molecule has 5 rings (SSSR count). The number of imide groups is 2. The van der Waals surface area contributed by atoms with E-state index in [9.17, 15) is 19.2 Å². The minimum atomic E-state index is -0.745. The lowest BCUT2D eigenvalue weighted by atomic mass is 10.1. The van der Waals surface area contributed by atoms with E-state index in [2.05, 4.69) is 10.6 Å². The fourth-order valence-corrected chi connectivity index (χ4v) is 3.94. The number of hydrogen-bond acceptors (Lipinski definition) is 4. The monoisotopic (exact) mass is 442 g/mol. The Kier molecular flexibility index (Phi) is 5.26. The van der Waals surface area contributed by atoms with Gasteiger partial charge in [0.1, 0.15) is 12.1 Å². The van der Waals surface area contributed by atoms with Gasteiger partial charge in [-0.15, -0.1) is 0 Å². The molecule has 1 aliphatic heterocycles. The number of nitrogens with one attached hydrogen (secondary N) is 2. The van der Waals surface area contributed by atoms with Crippen molar-refractivity contribution in [2.75, 3.05) is 0 Å². The third-order valence-electron chi connectivity index (χ3n) is 5.74. The molecule has 8 nitrogen and oxygen atoms in total. The molecule has 3 aromatic rings. The first-order valence-corrected chi connectivity index (χ1v) is 10.8. The summed E-state index contributed by atoms with van der Waals surface area (Å²) in [5, 5.41) is 6.02. The van der Waals surface area contributed by atoms with Crippen LogP contribution in [0.3, 0.4) is 0 Å². The molecule has 8 heteroatoms. The van der Waals surface area contributed by atoms with Crippen LogP contribution in [-0.2, 0) is 27.5 Å². The average molecular weight is 442 g/mol. The van der Waals surface area contributed by atoms with Crippen molar-refractivity contribution in [2.24, 2.45) is 0 Å². The van der Waals surface area contributed by atoms with Gasteiger partial charge in [0.05, 0.1) is 6.54 Å². The Bertz CT molecular complexity index is 1300. The summed E-state index contributed by atoms with van der Waals surface area (Å²) in [5.74, 6) is -1.47. The maximum atomic E-state index is 13.1. The van der Waals surface area contributed by atoms with Gasteiger partial charge in [-0.1, -0.05) is 48.5 Å². The van der Waals surface area contributed by atoms with Gasteiger partial charge >= 0.3 is 6.03 Å². The molecule has 0 atom stereocenters. The SMILES string of the molecule is O=C(Cn1cc(/C=C2/C(=O)NC(=O)N(Cc3ccccc3)C2=O)c2ccccc21)NC1CC1. The summed E-state index contributed by atoms with van der Waals surface area (Å²) in [6, 6.07) is 16.1. The molecule has 5 amide bonds. The average Bonchev–Trinajstić information content (AvgIpc) is 3.56. The molecule has 1 aromatic heterocycles. The molecular formula is C25H22N4O4. The van der Waals surface area contributed by atoms with Crippen molar-refractivity contribution in [1.29, 1.82) is 0 Å². The first kappa shape index (κ1) is 20.7. The van der Waals surface area contributed by atoms with Gasteiger partial charge in [0, 0.05) is 28.7 Å². The molecule has 2 N–H and O–H groups in total.